The predicted molar refractivity (Wildman–Crippen MR) is 41.1 cm³/mol. The fourth-order valence-electron chi connectivity index (χ4n) is 1.10. The molecule has 1 fully saturated rings. The molecule has 3 heteroatoms. The minimum atomic E-state index is -0.747. The summed E-state index contributed by atoms with van der Waals surface area (Å²) in [4.78, 5) is 0. The molecule has 2 unspecified atom stereocenters. The maximum atomic E-state index is 9.21. The summed E-state index contributed by atoms with van der Waals surface area (Å²) in [7, 11) is 0. The van der Waals surface area contributed by atoms with E-state index in [9.17, 15) is 5.11 Å². The molecule has 0 spiro atoms. The number of rotatable bonds is 3. The third kappa shape index (κ3) is 2.61. The second-order valence-corrected chi connectivity index (χ2v) is 2.56. The van der Waals surface area contributed by atoms with E-state index in [0.29, 0.717) is 13.2 Å². The van der Waals surface area contributed by atoms with Gasteiger partial charge in [0.15, 0.2) is 6.29 Å². The molecule has 0 radical (unpaired) electrons. The Kier molecular flexibility index (Phi) is 3.56. The number of aliphatic hydroxyl groups excluding tert-OH is 1. The van der Waals surface area contributed by atoms with E-state index < -0.39 is 6.29 Å². The lowest BCUT2D eigenvalue weighted by Gasteiger charge is -2.27. The van der Waals surface area contributed by atoms with E-state index in [1.54, 1.807) is 6.08 Å². The van der Waals surface area contributed by atoms with Gasteiger partial charge in [0.05, 0.1) is 6.61 Å². The summed E-state index contributed by atoms with van der Waals surface area (Å²) in [6, 6.07) is 0. The Labute approximate surface area is 66.6 Å². The van der Waals surface area contributed by atoms with Crippen molar-refractivity contribution in [3.05, 3.63) is 12.7 Å². The Morgan fingerprint density at radius 2 is 2.55 bits per heavy atom. The summed E-state index contributed by atoms with van der Waals surface area (Å²) in [6.07, 6.45) is 2.58. The zero-order valence-electron chi connectivity index (χ0n) is 6.53. The normalized spacial score (nSPS) is 31.7. The minimum absolute atomic E-state index is 0.165. The van der Waals surface area contributed by atoms with Crippen molar-refractivity contribution in [3.63, 3.8) is 0 Å². The molecule has 1 aliphatic heterocycles. The minimum Gasteiger partial charge on any atom is -0.369 e. The second kappa shape index (κ2) is 4.49. The fraction of sp³-hybridized carbons (Fsp3) is 0.750. The first-order valence-electron chi connectivity index (χ1n) is 3.87. The predicted octanol–water partition coefficient (Wildman–Crippen LogP) is 0.686. The molecule has 0 saturated carbocycles. The third-order valence-corrected chi connectivity index (χ3v) is 1.67. The number of hydrogen-bond acceptors (Lipinski definition) is 3. The molecule has 2 atom stereocenters. The van der Waals surface area contributed by atoms with E-state index in [0.717, 1.165) is 12.8 Å². The van der Waals surface area contributed by atoms with E-state index in [1.165, 1.54) is 0 Å². The van der Waals surface area contributed by atoms with E-state index in [2.05, 4.69) is 6.58 Å². The van der Waals surface area contributed by atoms with Crippen LogP contribution in [0.2, 0.25) is 0 Å². The molecule has 1 N–H and O–H groups in total. The lowest BCUT2D eigenvalue weighted by atomic mass is 10.1. The average Bonchev–Trinajstić information content (AvgIpc) is 2.03. The van der Waals surface area contributed by atoms with Gasteiger partial charge in [-0.25, -0.2) is 0 Å². The highest BCUT2D eigenvalue weighted by Gasteiger charge is 2.23. The monoisotopic (exact) mass is 158 g/mol. The van der Waals surface area contributed by atoms with Gasteiger partial charge in [-0.1, -0.05) is 6.08 Å². The van der Waals surface area contributed by atoms with Crippen LogP contribution in [0.1, 0.15) is 12.8 Å². The highest BCUT2D eigenvalue weighted by atomic mass is 16.6. The van der Waals surface area contributed by atoms with Crippen LogP contribution >= 0.6 is 0 Å². The smallest absolute Gasteiger partial charge is 0.181 e. The molecule has 0 aromatic rings. The van der Waals surface area contributed by atoms with Crippen molar-refractivity contribution in [2.24, 2.45) is 0 Å². The molecule has 11 heavy (non-hydrogen) atoms. The van der Waals surface area contributed by atoms with Gasteiger partial charge in [-0.2, -0.15) is 0 Å². The van der Waals surface area contributed by atoms with Crippen molar-refractivity contribution in [1.29, 1.82) is 0 Å². The number of aliphatic hydroxyl groups is 1. The second-order valence-electron chi connectivity index (χ2n) is 2.56. The SMILES string of the molecule is C=CCOC1CCCOC1O. The van der Waals surface area contributed by atoms with Gasteiger partial charge >= 0.3 is 0 Å². The molecule has 1 saturated heterocycles. The van der Waals surface area contributed by atoms with Gasteiger partial charge in [-0.3, -0.25) is 0 Å². The first kappa shape index (κ1) is 8.71. The molecule has 64 valence electrons. The summed E-state index contributed by atoms with van der Waals surface area (Å²) < 4.78 is 10.2. The maximum Gasteiger partial charge on any atom is 0.181 e. The van der Waals surface area contributed by atoms with Gasteiger partial charge in [0, 0.05) is 6.61 Å². The summed E-state index contributed by atoms with van der Waals surface area (Å²) in [5, 5.41) is 9.21. The topological polar surface area (TPSA) is 38.7 Å². The standard InChI is InChI=1S/C8H14O3/c1-2-5-10-7-4-3-6-11-8(7)9/h2,7-9H,1,3-6H2. The van der Waals surface area contributed by atoms with E-state index in [-0.39, 0.29) is 6.10 Å². The zero-order chi connectivity index (χ0) is 8.10. The van der Waals surface area contributed by atoms with Crippen LogP contribution in [0.15, 0.2) is 12.7 Å². The van der Waals surface area contributed by atoms with Crippen LogP contribution in [0.4, 0.5) is 0 Å². The third-order valence-electron chi connectivity index (χ3n) is 1.67. The molecule has 0 amide bonds. The van der Waals surface area contributed by atoms with Crippen LogP contribution in [0.25, 0.3) is 0 Å². The van der Waals surface area contributed by atoms with Gasteiger partial charge in [-0.15, -0.1) is 6.58 Å². The van der Waals surface area contributed by atoms with E-state index in [1.807, 2.05) is 0 Å². The first-order chi connectivity index (χ1) is 5.34. The average molecular weight is 158 g/mol. The molecule has 0 aromatic carbocycles. The molecule has 1 aliphatic rings. The molecular formula is C8H14O3. The Morgan fingerprint density at radius 3 is 3.18 bits per heavy atom. The van der Waals surface area contributed by atoms with Gasteiger partial charge in [0.25, 0.3) is 0 Å². The zero-order valence-corrected chi connectivity index (χ0v) is 6.53. The van der Waals surface area contributed by atoms with Crippen LogP contribution in [0, 0.1) is 0 Å². The Morgan fingerprint density at radius 1 is 1.73 bits per heavy atom. The maximum absolute atomic E-state index is 9.21. The molecule has 0 aliphatic carbocycles. The van der Waals surface area contributed by atoms with Crippen molar-refractivity contribution >= 4 is 0 Å². The van der Waals surface area contributed by atoms with Gasteiger partial charge < -0.3 is 14.6 Å². The summed E-state index contributed by atoms with van der Waals surface area (Å²) in [6.45, 7) is 4.63. The van der Waals surface area contributed by atoms with Gasteiger partial charge in [-0.05, 0) is 12.8 Å². The molecule has 0 bridgehead atoms. The highest BCUT2D eigenvalue weighted by Crippen LogP contribution is 2.14. The van der Waals surface area contributed by atoms with Crippen LogP contribution in [0.5, 0.6) is 0 Å². The Balaban J connectivity index is 2.23. The summed E-state index contributed by atoms with van der Waals surface area (Å²) in [5.41, 5.74) is 0. The molecule has 0 aromatic heterocycles. The van der Waals surface area contributed by atoms with Crippen molar-refractivity contribution in [1.82, 2.24) is 0 Å². The summed E-state index contributed by atoms with van der Waals surface area (Å²) in [5.74, 6) is 0. The van der Waals surface area contributed by atoms with Crippen LogP contribution < -0.4 is 0 Å². The van der Waals surface area contributed by atoms with Crippen molar-refractivity contribution < 1.29 is 14.6 Å². The van der Waals surface area contributed by atoms with Gasteiger partial charge in [0.1, 0.15) is 6.10 Å². The van der Waals surface area contributed by atoms with E-state index >= 15 is 0 Å². The molecule has 1 rings (SSSR count). The highest BCUT2D eigenvalue weighted by molar-refractivity contribution is 4.70. The molecular weight excluding hydrogens is 144 g/mol. The molecule has 3 nitrogen and oxygen atoms in total. The van der Waals surface area contributed by atoms with Crippen molar-refractivity contribution in [2.45, 2.75) is 25.2 Å². The van der Waals surface area contributed by atoms with Crippen LogP contribution in [0.3, 0.4) is 0 Å². The lowest BCUT2D eigenvalue weighted by Crippen LogP contribution is -2.35. The molecule has 1 heterocycles. The van der Waals surface area contributed by atoms with Crippen LogP contribution in [-0.2, 0) is 9.47 Å². The Hall–Kier alpha value is -0.380. The number of ether oxygens (including phenoxy) is 2. The van der Waals surface area contributed by atoms with Crippen molar-refractivity contribution in [3.8, 4) is 0 Å². The first-order valence-corrected chi connectivity index (χ1v) is 3.87. The summed E-state index contributed by atoms with van der Waals surface area (Å²) >= 11 is 0. The quantitative estimate of drug-likeness (QED) is 0.614. The lowest BCUT2D eigenvalue weighted by molar-refractivity contribution is -0.198. The van der Waals surface area contributed by atoms with E-state index in [4.69, 9.17) is 9.47 Å². The Bertz CT molecular complexity index is 125. The van der Waals surface area contributed by atoms with Crippen LogP contribution in [-0.4, -0.2) is 30.7 Å². The fourth-order valence-corrected chi connectivity index (χ4v) is 1.10. The van der Waals surface area contributed by atoms with Crippen molar-refractivity contribution in [2.75, 3.05) is 13.2 Å². The largest absolute Gasteiger partial charge is 0.369 e. The number of hydrogen-bond donors (Lipinski definition) is 1. The van der Waals surface area contributed by atoms with Gasteiger partial charge in [0.2, 0.25) is 0 Å².